The lowest BCUT2D eigenvalue weighted by atomic mass is 10.2. The highest BCUT2D eigenvalue weighted by Gasteiger charge is 2.47. The molecule has 0 fully saturated rings. The van der Waals surface area contributed by atoms with Crippen LogP contribution in [0.1, 0.15) is 5.56 Å². The van der Waals surface area contributed by atoms with Gasteiger partial charge in [-0.05, 0) is 36.4 Å². The van der Waals surface area contributed by atoms with Crippen LogP contribution in [0.4, 0.5) is 17.6 Å². The third-order valence-corrected chi connectivity index (χ3v) is 9.52. The summed E-state index contributed by atoms with van der Waals surface area (Å²) < 4.78 is 57.6. The molecule has 0 aliphatic carbocycles. The number of benzene rings is 4. The Hall–Kier alpha value is -2.97. The first-order chi connectivity index (χ1) is 14.5. The fourth-order valence-electron chi connectivity index (χ4n) is 3.77. The molecule has 4 aromatic carbocycles. The van der Waals surface area contributed by atoms with Crippen molar-refractivity contribution in [2.45, 2.75) is 6.16 Å². The second kappa shape index (κ2) is 8.41. The van der Waals surface area contributed by atoms with E-state index in [1.807, 2.05) is 91.0 Å². The first-order valence-corrected chi connectivity index (χ1v) is 11.4. The summed E-state index contributed by atoms with van der Waals surface area (Å²) in [6.45, 7) is 0. The van der Waals surface area contributed by atoms with Gasteiger partial charge in [0.05, 0.1) is 5.56 Å². The van der Waals surface area contributed by atoms with Gasteiger partial charge in [0.15, 0.2) is 23.3 Å². The van der Waals surface area contributed by atoms with Gasteiger partial charge < -0.3 is 0 Å². The average molecular weight is 425 g/mol. The summed E-state index contributed by atoms with van der Waals surface area (Å²) in [5.41, 5.74) is -0.572. The fraction of sp³-hybridized carbons (Fsp3) is 0.0400. The van der Waals surface area contributed by atoms with E-state index >= 15 is 0 Å². The lowest BCUT2D eigenvalue weighted by molar-refractivity contribution is 0.444. The highest BCUT2D eigenvalue weighted by molar-refractivity contribution is 7.95. The molecule has 0 spiro atoms. The standard InChI is InChI=1S/C25H18F4P/c26-22-16-23(27)25(29)21(24(22)28)17-30(18-10-4-1-5-11-18,19-12-6-2-7-13-19)20-14-8-3-9-15-20/h1-16H,17H2/q+1. The van der Waals surface area contributed by atoms with Crippen molar-refractivity contribution in [3.63, 3.8) is 0 Å². The predicted octanol–water partition coefficient (Wildman–Crippen LogP) is 5.74. The smallest absolute Gasteiger partial charge is 0.168 e. The molecule has 0 radical (unpaired) electrons. The van der Waals surface area contributed by atoms with Crippen molar-refractivity contribution in [2.75, 3.05) is 0 Å². The lowest BCUT2D eigenvalue weighted by Gasteiger charge is -2.28. The van der Waals surface area contributed by atoms with Crippen molar-refractivity contribution in [1.29, 1.82) is 0 Å². The van der Waals surface area contributed by atoms with E-state index < -0.39 is 36.1 Å². The van der Waals surface area contributed by atoms with Gasteiger partial charge in [0.1, 0.15) is 29.3 Å². The maximum absolute atomic E-state index is 14.8. The van der Waals surface area contributed by atoms with Crippen LogP contribution >= 0.6 is 7.26 Å². The van der Waals surface area contributed by atoms with Gasteiger partial charge in [-0.1, -0.05) is 54.6 Å². The van der Waals surface area contributed by atoms with Gasteiger partial charge >= 0.3 is 0 Å². The van der Waals surface area contributed by atoms with Gasteiger partial charge in [-0.25, -0.2) is 17.6 Å². The zero-order chi connectivity index (χ0) is 21.1. The molecule has 0 nitrogen and oxygen atoms in total. The summed E-state index contributed by atoms with van der Waals surface area (Å²) >= 11 is 0. The van der Waals surface area contributed by atoms with E-state index in [9.17, 15) is 17.6 Å². The molecule has 0 aliphatic heterocycles. The van der Waals surface area contributed by atoms with Crippen LogP contribution < -0.4 is 15.9 Å². The topological polar surface area (TPSA) is 0 Å². The first-order valence-electron chi connectivity index (χ1n) is 9.41. The third-order valence-electron chi connectivity index (χ3n) is 5.19. The highest BCUT2D eigenvalue weighted by Crippen LogP contribution is 2.58. The molecule has 4 aromatic rings. The van der Waals surface area contributed by atoms with Gasteiger partial charge in [0.25, 0.3) is 0 Å². The van der Waals surface area contributed by atoms with E-state index in [4.69, 9.17) is 0 Å². The summed E-state index contributed by atoms with van der Waals surface area (Å²) in [5, 5.41) is 2.60. The Morgan fingerprint density at radius 1 is 0.500 bits per heavy atom. The molecule has 0 aliphatic rings. The Morgan fingerprint density at radius 2 is 0.833 bits per heavy atom. The Balaban J connectivity index is 2.07. The van der Waals surface area contributed by atoms with Crippen LogP contribution in [0.5, 0.6) is 0 Å². The van der Waals surface area contributed by atoms with Gasteiger partial charge in [-0.15, -0.1) is 0 Å². The molecule has 0 N–H and O–H groups in total. The average Bonchev–Trinajstić information content (AvgIpc) is 2.80. The van der Waals surface area contributed by atoms with Crippen LogP contribution in [0.2, 0.25) is 0 Å². The van der Waals surface area contributed by atoms with Gasteiger partial charge in [0.2, 0.25) is 0 Å². The summed E-state index contributed by atoms with van der Waals surface area (Å²) in [5.74, 6) is -5.48. The predicted molar refractivity (Wildman–Crippen MR) is 115 cm³/mol. The van der Waals surface area contributed by atoms with Crippen molar-refractivity contribution < 1.29 is 17.6 Å². The van der Waals surface area contributed by atoms with Crippen LogP contribution in [0.3, 0.4) is 0 Å². The zero-order valence-corrected chi connectivity index (χ0v) is 16.8. The van der Waals surface area contributed by atoms with Gasteiger partial charge in [-0.3, -0.25) is 0 Å². The summed E-state index contributed by atoms with van der Waals surface area (Å²) in [7, 11) is -2.68. The Morgan fingerprint density at radius 3 is 1.17 bits per heavy atom. The third kappa shape index (κ3) is 3.53. The second-order valence-electron chi connectivity index (χ2n) is 6.92. The molecule has 0 saturated heterocycles. The summed E-state index contributed by atoms with van der Waals surface area (Å²) in [6, 6.07) is 28.4. The van der Waals surface area contributed by atoms with Crippen LogP contribution in [0.15, 0.2) is 97.1 Å². The monoisotopic (exact) mass is 425 g/mol. The maximum Gasteiger partial charge on any atom is 0.168 e. The van der Waals surface area contributed by atoms with E-state index in [0.29, 0.717) is 0 Å². The van der Waals surface area contributed by atoms with E-state index in [2.05, 4.69) is 0 Å². The molecular formula is C25H18F4P+. The molecule has 0 bridgehead atoms. The number of hydrogen-bond donors (Lipinski definition) is 0. The minimum absolute atomic E-state index is 0.183. The normalized spacial score (nSPS) is 11.5. The highest BCUT2D eigenvalue weighted by atomic mass is 31.2. The van der Waals surface area contributed by atoms with Crippen molar-refractivity contribution in [3.8, 4) is 0 Å². The van der Waals surface area contributed by atoms with E-state index in [-0.39, 0.29) is 12.2 Å². The van der Waals surface area contributed by atoms with E-state index in [1.54, 1.807) is 0 Å². The molecule has 4 rings (SSSR count). The van der Waals surface area contributed by atoms with Crippen LogP contribution in [-0.4, -0.2) is 0 Å². The Kier molecular flexibility index (Phi) is 5.69. The molecule has 5 heteroatoms. The molecule has 30 heavy (non-hydrogen) atoms. The largest absolute Gasteiger partial charge is 0.204 e. The quantitative estimate of drug-likeness (QED) is 0.217. The molecular weight excluding hydrogens is 407 g/mol. The molecule has 0 unspecified atom stereocenters. The van der Waals surface area contributed by atoms with Gasteiger partial charge in [-0.2, -0.15) is 0 Å². The summed E-state index contributed by atoms with van der Waals surface area (Å²) in [6.07, 6.45) is -0.183. The van der Waals surface area contributed by atoms with Crippen LogP contribution in [0, 0.1) is 23.3 Å². The SMILES string of the molecule is Fc1cc(F)c(F)c(C[P+](c2ccccc2)(c2ccccc2)c2ccccc2)c1F. The summed E-state index contributed by atoms with van der Waals surface area (Å²) in [4.78, 5) is 0. The van der Waals surface area contributed by atoms with Crippen LogP contribution in [0.25, 0.3) is 0 Å². The molecule has 0 aromatic heterocycles. The molecule has 0 saturated carbocycles. The Bertz CT molecular complexity index is 1020. The molecule has 0 heterocycles. The van der Waals surface area contributed by atoms with Crippen molar-refractivity contribution >= 4 is 23.2 Å². The lowest BCUT2D eigenvalue weighted by Crippen LogP contribution is -2.33. The van der Waals surface area contributed by atoms with E-state index in [1.165, 1.54) is 0 Å². The van der Waals surface area contributed by atoms with Crippen LogP contribution in [-0.2, 0) is 6.16 Å². The van der Waals surface area contributed by atoms with E-state index in [0.717, 1.165) is 15.9 Å². The van der Waals surface area contributed by atoms with Crippen molar-refractivity contribution in [3.05, 3.63) is 126 Å². The molecule has 0 atom stereocenters. The Labute approximate surface area is 173 Å². The number of rotatable bonds is 5. The second-order valence-corrected chi connectivity index (χ2v) is 10.4. The van der Waals surface area contributed by atoms with Crippen molar-refractivity contribution in [2.24, 2.45) is 0 Å². The first kappa shape index (κ1) is 20.3. The minimum Gasteiger partial charge on any atom is -0.204 e. The number of halogens is 4. The van der Waals surface area contributed by atoms with Gasteiger partial charge in [0, 0.05) is 6.07 Å². The molecule has 150 valence electrons. The minimum atomic E-state index is -2.68. The molecule has 0 amide bonds. The maximum atomic E-state index is 14.8. The van der Waals surface area contributed by atoms with Crippen molar-refractivity contribution in [1.82, 2.24) is 0 Å². The number of hydrogen-bond acceptors (Lipinski definition) is 0. The fourth-order valence-corrected chi connectivity index (χ4v) is 8.00. The zero-order valence-electron chi connectivity index (χ0n) is 15.9.